The zero-order chi connectivity index (χ0) is 20.1. The Morgan fingerprint density at radius 2 is 1.70 bits per heavy atom. The average molecular weight is 626 g/mol. The Labute approximate surface area is 209 Å². The van der Waals surface area contributed by atoms with Crippen molar-refractivity contribution in [1.29, 1.82) is 0 Å². The summed E-state index contributed by atoms with van der Waals surface area (Å²) in [5.41, 5.74) is 9.32. The van der Waals surface area contributed by atoms with Crippen LogP contribution < -0.4 is 24.8 Å². The molecule has 0 amide bonds. The normalized spacial score (nSPS) is 23.1. The molecule has 0 bridgehead atoms. The summed E-state index contributed by atoms with van der Waals surface area (Å²) in [5.74, 6) is 0. The summed E-state index contributed by atoms with van der Waals surface area (Å²) in [4.78, 5) is 0. The first-order valence-corrected chi connectivity index (χ1v) is 17.6. The van der Waals surface area contributed by atoms with Gasteiger partial charge in [-0.25, -0.2) is 0 Å². The Balaban J connectivity index is 0.00000160. The van der Waals surface area contributed by atoms with Gasteiger partial charge in [0.25, 0.3) is 0 Å². The average Bonchev–Trinajstić information content (AvgIpc) is 3.07. The van der Waals surface area contributed by atoms with Crippen LogP contribution in [0.15, 0.2) is 47.6 Å². The van der Waals surface area contributed by atoms with Crippen molar-refractivity contribution in [2.45, 2.75) is 84.5 Å². The van der Waals surface area contributed by atoms with E-state index in [1.165, 1.54) is 19.3 Å². The van der Waals surface area contributed by atoms with Crippen molar-refractivity contribution in [2.75, 3.05) is 0 Å². The second kappa shape index (κ2) is 9.94. The second-order valence-electron chi connectivity index (χ2n) is 9.98. The minimum atomic E-state index is -1.18. The molecule has 2 aliphatic carbocycles. The molecule has 0 nitrogen and oxygen atoms in total. The van der Waals surface area contributed by atoms with Crippen molar-refractivity contribution in [3.8, 4) is 0 Å². The molecular formula is C26H36Cl2HfSi. The van der Waals surface area contributed by atoms with Crippen LogP contribution in [0.5, 0.6) is 0 Å². The van der Waals surface area contributed by atoms with E-state index in [4.69, 9.17) is 0 Å². The van der Waals surface area contributed by atoms with Crippen LogP contribution in [-0.4, -0.2) is 8.07 Å². The van der Waals surface area contributed by atoms with Crippen molar-refractivity contribution in [2.24, 2.45) is 5.41 Å². The number of halogens is 2. The number of hydrogen-bond acceptors (Lipinski definition) is 0. The van der Waals surface area contributed by atoms with Gasteiger partial charge in [0.1, 0.15) is 0 Å². The van der Waals surface area contributed by atoms with Crippen molar-refractivity contribution in [1.82, 2.24) is 0 Å². The molecule has 0 radical (unpaired) electrons. The predicted molar refractivity (Wildman–Crippen MR) is 122 cm³/mol. The van der Waals surface area contributed by atoms with Crippen LogP contribution in [0.4, 0.5) is 0 Å². The second-order valence-corrected chi connectivity index (χ2v) is 19.6. The molecule has 1 saturated heterocycles. The molecule has 0 spiro atoms. The summed E-state index contributed by atoms with van der Waals surface area (Å²) in [5, 5.41) is 0. The molecule has 0 saturated carbocycles. The van der Waals surface area contributed by atoms with Crippen molar-refractivity contribution < 1.29 is 47.7 Å². The van der Waals surface area contributed by atoms with E-state index in [2.05, 4.69) is 71.9 Å². The van der Waals surface area contributed by atoms with Crippen LogP contribution in [0.2, 0.25) is 18.1 Å². The molecular weight excluding hydrogens is 590 g/mol. The van der Waals surface area contributed by atoms with Crippen LogP contribution >= 0.6 is 0 Å². The maximum absolute atomic E-state index is 2.68. The van der Waals surface area contributed by atoms with Crippen LogP contribution in [0.25, 0.3) is 6.08 Å². The molecule has 1 aliphatic heterocycles. The summed E-state index contributed by atoms with van der Waals surface area (Å²) >= 11 is -1.05. The molecule has 0 N–H and O–H groups in total. The maximum atomic E-state index is 2.68. The van der Waals surface area contributed by atoms with Crippen LogP contribution in [0.3, 0.4) is 0 Å². The summed E-state index contributed by atoms with van der Waals surface area (Å²) < 4.78 is 3.83. The van der Waals surface area contributed by atoms with Crippen molar-refractivity contribution >= 4 is 14.1 Å². The number of fused-ring (bicyclic) bond motifs is 1. The molecule has 3 aliphatic rings. The predicted octanol–water partition coefficient (Wildman–Crippen LogP) is 2.06. The molecule has 1 fully saturated rings. The monoisotopic (exact) mass is 626 g/mol. The molecule has 1 unspecified atom stereocenters. The fraction of sp³-hybridized carbons (Fsp3) is 0.538. The van der Waals surface area contributed by atoms with Crippen LogP contribution in [0, 0.1) is 5.41 Å². The molecule has 0 aromatic heterocycles. The van der Waals surface area contributed by atoms with Gasteiger partial charge in [-0.3, -0.25) is 0 Å². The minimum Gasteiger partial charge on any atom is -1.00 e. The first kappa shape index (κ1) is 26.4. The third-order valence-electron chi connectivity index (χ3n) is 8.25. The topological polar surface area (TPSA) is 0 Å². The number of hydrogen-bond donors (Lipinski definition) is 0. The SMILES string of the molecule is CCCC[Si]1(C2[C]([Hf+2][C]3=C(C)C(C)=C(C)C3(C)C)=Cc3ccccc32)CCC1.[Cl-].[Cl-]. The zero-order valence-corrected chi connectivity index (χ0v) is 25.6. The number of benzene rings is 1. The molecule has 4 heteroatoms. The zero-order valence-electron chi connectivity index (χ0n) is 19.5. The smallest absolute Gasteiger partial charge is 1.00 e. The molecule has 30 heavy (non-hydrogen) atoms. The van der Waals surface area contributed by atoms with Gasteiger partial charge in [-0.1, -0.05) is 0 Å². The minimum absolute atomic E-state index is 0. The first-order chi connectivity index (χ1) is 13.3. The van der Waals surface area contributed by atoms with E-state index < -0.39 is 31.0 Å². The van der Waals surface area contributed by atoms with Gasteiger partial charge in [0.15, 0.2) is 0 Å². The van der Waals surface area contributed by atoms with Gasteiger partial charge in [0.05, 0.1) is 0 Å². The third kappa shape index (κ3) is 4.20. The number of allylic oxidation sites excluding steroid dienone is 5. The summed E-state index contributed by atoms with van der Waals surface area (Å²) in [6.07, 6.45) is 7.01. The Kier molecular flexibility index (Phi) is 8.73. The quantitative estimate of drug-likeness (QED) is 0.425. The van der Waals surface area contributed by atoms with E-state index >= 15 is 0 Å². The van der Waals surface area contributed by atoms with Gasteiger partial charge in [-0.2, -0.15) is 0 Å². The van der Waals surface area contributed by atoms with Gasteiger partial charge < -0.3 is 24.8 Å². The van der Waals surface area contributed by atoms with E-state index in [1.807, 2.05) is 6.66 Å². The van der Waals surface area contributed by atoms with Gasteiger partial charge >= 0.3 is 186 Å². The van der Waals surface area contributed by atoms with Gasteiger partial charge in [0, 0.05) is 0 Å². The van der Waals surface area contributed by atoms with E-state index in [0.717, 1.165) is 5.54 Å². The van der Waals surface area contributed by atoms with E-state index in [-0.39, 0.29) is 24.8 Å². The molecule has 1 aromatic carbocycles. The largest absolute Gasteiger partial charge is 1.00 e. The Morgan fingerprint density at radius 1 is 1.03 bits per heavy atom. The fourth-order valence-corrected chi connectivity index (χ4v) is 21.2. The van der Waals surface area contributed by atoms with Crippen molar-refractivity contribution in [3.63, 3.8) is 0 Å². The number of rotatable bonds is 6. The van der Waals surface area contributed by atoms with Gasteiger partial charge in [-0.05, 0) is 0 Å². The first-order valence-electron chi connectivity index (χ1n) is 11.3. The Hall–Kier alpha value is 0.107. The fourth-order valence-electron chi connectivity index (χ4n) is 5.92. The Morgan fingerprint density at radius 3 is 2.23 bits per heavy atom. The molecule has 1 heterocycles. The number of unbranched alkanes of at least 4 members (excludes halogenated alkanes) is 1. The molecule has 162 valence electrons. The van der Waals surface area contributed by atoms with E-state index in [9.17, 15) is 0 Å². The van der Waals surface area contributed by atoms with E-state index in [1.54, 1.807) is 46.0 Å². The summed E-state index contributed by atoms with van der Waals surface area (Å²) in [7, 11) is -1.18. The maximum Gasteiger partial charge on any atom is -1.00 e. The third-order valence-corrected chi connectivity index (χ3v) is 22.3. The van der Waals surface area contributed by atoms with Gasteiger partial charge in [0.2, 0.25) is 0 Å². The summed E-state index contributed by atoms with van der Waals surface area (Å²) in [6.45, 7) is 14.5. The van der Waals surface area contributed by atoms with Crippen LogP contribution in [-0.2, 0) is 22.9 Å². The molecule has 4 rings (SSSR count). The van der Waals surface area contributed by atoms with E-state index in [0.29, 0.717) is 5.41 Å². The Bertz CT molecular complexity index is 890. The summed E-state index contributed by atoms with van der Waals surface area (Å²) in [6, 6.07) is 14.2. The standard InChI is InChI=1S/C16H21Si.C10H15.2ClH.Hf/c1-2-3-11-17(12-6-13-17)16-10-9-14-7-4-5-8-15(14)16;1-7-6-10(4,5)9(3)8(7)2;;;/h4-5,7-9,16H,2-3,6,11-13H2,1H3;1-5H3;2*1H;/q;;;;+2/p-2. The van der Waals surface area contributed by atoms with Gasteiger partial charge in [-0.15, -0.1) is 0 Å². The molecule has 1 aromatic rings. The van der Waals surface area contributed by atoms with Crippen molar-refractivity contribution in [3.05, 3.63) is 58.8 Å². The van der Waals surface area contributed by atoms with Crippen LogP contribution in [0.1, 0.15) is 77.5 Å². The molecule has 1 atom stereocenters.